The number of hydrogen-bond acceptors (Lipinski definition) is 3. The second kappa shape index (κ2) is 7.78. The van der Waals surface area contributed by atoms with Crippen molar-refractivity contribution in [2.45, 2.75) is 13.3 Å². The van der Waals surface area contributed by atoms with Crippen molar-refractivity contribution < 1.29 is 19.4 Å². The fraction of sp³-hybridized carbons (Fsp3) is 0.385. The van der Waals surface area contributed by atoms with Crippen molar-refractivity contribution >= 4 is 27.8 Å². The number of hydrogen-bond donors (Lipinski definition) is 2. The van der Waals surface area contributed by atoms with Crippen LogP contribution in [0.2, 0.25) is 0 Å². The fourth-order valence-corrected chi connectivity index (χ4v) is 1.78. The molecule has 0 radical (unpaired) electrons. The fourth-order valence-electron chi connectivity index (χ4n) is 1.40. The number of nitrogens with one attached hydrogen (secondary N) is 1. The van der Waals surface area contributed by atoms with Crippen LogP contribution in [0.4, 0.5) is 0 Å². The van der Waals surface area contributed by atoms with Gasteiger partial charge in [0.05, 0.1) is 5.92 Å². The Labute approximate surface area is 120 Å². The maximum absolute atomic E-state index is 11.5. The Morgan fingerprint density at radius 2 is 2.21 bits per heavy atom. The summed E-state index contributed by atoms with van der Waals surface area (Å²) in [5.41, 5.74) is 0. The quantitative estimate of drug-likeness (QED) is 0.802. The molecule has 0 heterocycles. The zero-order valence-electron chi connectivity index (χ0n) is 10.6. The van der Waals surface area contributed by atoms with Gasteiger partial charge in [-0.25, -0.2) is 0 Å². The Morgan fingerprint density at radius 1 is 1.47 bits per heavy atom. The summed E-state index contributed by atoms with van der Waals surface area (Å²) >= 11 is 3.30. The normalized spacial score (nSPS) is 11.7. The molecule has 1 aromatic rings. The van der Waals surface area contributed by atoms with E-state index in [1.807, 2.05) is 6.07 Å². The monoisotopic (exact) mass is 329 g/mol. The standard InChI is InChI=1S/C13H16BrNO4/c1-2-9(13(17)18)7-15-12(16)8-19-11-5-3-4-10(14)6-11/h3-6,9H,2,7-8H2,1H3,(H,15,16)(H,17,18). The molecule has 0 aromatic heterocycles. The molecule has 0 aliphatic carbocycles. The van der Waals surface area contributed by atoms with Crippen LogP contribution in [0.25, 0.3) is 0 Å². The minimum atomic E-state index is -0.907. The van der Waals surface area contributed by atoms with Crippen LogP contribution in [0.15, 0.2) is 28.7 Å². The summed E-state index contributed by atoms with van der Waals surface area (Å²) in [6.07, 6.45) is 0.474. The van der Waals surface area contributed by atoms with Gasteiger partial charge in [-0.05, 0) is 24.6 Å². The third-order valence-corrected chi connectivity index (χ3v) is 3.05. The van der Waals surface area contributed by atoms with Crippen molar-refractivity contribution in [3.63, 3.8) is 0 Å². The number of carboxylic acids is 1. The number of rotatable bonds is 7. The Hall–Kier alpha value is -1.56. The minimum absolute atomic E-state index is 0.118. The van der Waals surface area contributed by atoms with E-state index in [2.05, 4.69) is 21.2 Å². The first-order chi connectivity index (χ1) is 9.02. The molecule has 1 unspecified atom stereocenters. The SMILES string of the molecule is CCC(CNC(=O)COc1cccc(Br)c1)C(=O)O. The number of carboxylic acid groups (broad SMARTS) is 1. The average molecular weight is 330 g/mol. The van der Waals surface area contributed by atoms with Crippen LogP contribution in [0.3, 0.4) is 0 Å². The number of halogens is 1. The van der Waals surface area contributed by atoms with Crippen LogP contribution >= 0.6 is 15.9 Å². The second-order valence-corrected chi connectivity index (χ2v) is 4.91. The number of ether oxygens (including phenoxy) is 1. The Kier molecular flexibility index (Phi) is 6.35. The third-order valence-electron chi connectivity index (χ3n) is 2.55. The first-order valence-corrected chi connectivity index (χ1v) is 6.70. The number of carbonyl (C=O) groups is 2. The highest BCUT2D eigenvalue weighted by molar-refractivity contribution is 9.10. The molecule has 0 fully saturated rings. The molecule has 19 heavy (non-hydrogen) atoms. The molecule has 104 valence electrons. The van der Waals surface area contributed by atoms with Crippen LogP contribution in [0.1, 0.15) is 13.3 Å². The molecule has 1 atom stereocenters. The molecule has 1 aromatic carbocycles. The summed E-state index contributed by atoms with van der Waals surface area (Å²) in [6, 6.07) is 7.14. The summed E-state index contributed by atoms with van der Waals surface area (Å²) in [4.78, 5) is 22.3. The van der Waals surface area contributed by atoms with Gasteiger partial charge in [-0.1, -0.05) is 28.9 Å². The molecule has 0 spiro atoms. The molecular formula is C13H16BrNO4. The molecule has 2 N–H and O–H groups in total. The number of aliphatic carboxylic acids is 1. The number of benzene rings is 1. The van der Waals surface area contributed by atoms with Crippen molar-refractivity contribution in [3.8, 4) is 5.75 Å². The average Bonchev–Trinajstić information content (AvgIpc) is 2.37. The highest BCUT2D eigenvalue weighted by Crippen LogP contribution is 2.17. The molecule has 0 aliphatic heterocycles. The highest BCUT2D eigenvalue weighted by atomic mass is 79.9. The van der Waals surface area contributed by atoms with E-state index in [0.29, 0.717) is 12.2 Å². The molecule has 0 bridgehead atoms. The second-order valence-electron chi connectivity index (χ2n) is 3.99. The Bertz CT molecular complexity index is 450. The van der Waals surface area contributed by atoms with Crippen molar-refractivity contribution in [1.29, 1.82) is 0 Å². The summed E-state index contributed by atoms with van der Waals surface area (Å²) in [5, 5.41) is 11.4. The van der Waals surface area contributed by atoms with Gasteiger partial charge in [0.25, 0.3) is 5.91 Å². The van der Waals surface area contributed by atoms with E-state index < -0.39 is 11.9 Å². The van der Waals surface area contributed by atoms with Gasteiger partial charge in [0.1, 0.15) is 5.75 Å². The lowest BCUT2D eigenvalue weighted by Crippen LogP contribution is -2.35. The summed E-state index contributed by atoms with van der Waals surface area (Å²) < 4.78 is 6.15. The third kappa shape index (κ3) is 5.74. The predicted molar refractivity (Wildman–Crippen MR) is 74.1 cm³/mol. The van der Waals surface area contributed by atoms with Crippen molar-refractivity contribution in [3.05, 3.63) is 28.7 Å². The molecule has 0 saturated heterocycles. The lowest BCUT2D eigenvalue weighted by molar-refractivity contribution is -0.141. The first-order valence-electron chi connectivity index (χ1n) is 5.90. The van der Waals surface area contributed by atoms with Crippen molar-refractivity contribution in [2.75, 3.05) is 13.2 Å². The lowest BCUT2D eigenvalue weighted by Gasteiger charge is -2.11. The molecule has 0 aliphatic rings. The zero-order valence-corrected chi connectivity index (χ0v) is 12.1. The Morgan fingerprint density at radius 3 is 2.79 bits per heavy atom. The van der Waals surface area contributed by atoms with Crippen LogP contribution in [0, 0.1) is 5.92 Å². The van der Waals surface area contributed by atoms with E-state index in [-0.39, 0.29) is 19.1 Å². The van der Waals surface area contributed by atoms with E-state index in [4.69, 9.17) is 9.84 Å². The van der Waals surface area contributed by atoms with Gasteiger partial charge in [0.15, 0.2) is 6.61 Å². The number of amides is 1. The van der Waals surface area contributed by atoms with E-state index in [1.165, 1.54) is 0 Å². The van der Waals surface area contributed by atoms with Gasteiger partial charge in [0.2, 0.25) is 0 Å². The largest absolute Gasteiger partial charge is 0.484 e. The summed E-state index contributed by atoms with van der Waals surface area (Å²) in [7, 11) is 0. The predicted octanol–water partition coefficient (Wildman–Crippen LogP) is 2.05. The molecule has 1 amide bonds. The molecular weight excluding hydrogens is 314 g/mol. The molecule has 6 heteroatoms. The molecule has 1 rings (SSSR count). The van der Waals surface area contributed by atoms with E-state index in [0.717, 1.165) is 4.47 Å². The van der Waals surface area contributed by atoms with Gasteiger partial charge in [-0.15, -0.1) is 0 Å². The van der Waals surface area contributed by atoms with Gasteiger partial charge in [-0.2, -0.15) is 0 Å². The van der Waals surface area contributed by atoms with Gasteiger partial charge >= 0.3 is 5.97 Å². The van der Waals surface area contributed by atoms with Crippen LogP contribution in [-0.2, 0) is 9.59 Å². The summed E-state index contributed by atoms with van der Waals surface area (Å²) in [6.45, 7) is 1.75. The Balaban J connectivity index is 2.34. The zero-order chi connectivity index (χ0) is 14.3. The first kappa shape index (κ1) is 15.5. The number of carbonyl (C=O) groups excluding carboxylic acids is 1. The van der Waals surface area contributed by atoms with Crippen molar-refractivity contribution in [1.82, 2.24) is 5.32 Å². The van der Waals surface area contributed by atoms with Gasteiger partial charge < -0.3 is 15.2 Å². The van der Waals surface area contributed by atoms with Gasteiger partial charge in [0, 0.05) is 11.0 Å². The van der Waals surface area contributed by atoms with Crippen LogP contribution in [0.5, 0.6) is 5.75 Å². The molecule has 0 saturated carbocycles. The van der Waals surface area contributed by atoms with E-state index >= 15 is 0 Å². The van der Waals surface area contributed by atoms with Crippen LogP contribution < -0.4 is 10.1 Å². The van der Waals surface area contributed by atoms with Gasteiger partial charge in [-0.3, -0.25) is 9.59 Å². The lowest BCUT2D eigenvalue weighted by atomic mass is 10.1. The topological polar surface area (TPSA) is 75.6 Å². The maximum Gasteiger partial charge on any atom is 0.308 e. The smallest absolute Gasteiger partial charge is 0.308 e. The van der Waals surface area contributed by atoms with E-state index in [9.17, 15) is 9.59 Å². The van der Waals surface area contributed by atoms with E-state index in [1.54, 1.807) is 25.1 Å². The molecule has 5 nitrogen and oxygen atoms in total. The highest BCUT2D eigenvalue weighted by Gasteiger charge is 2.15. The maximum atomic E-state index is 11.5. The minimum Gasteiger partial charge on any atom is -0.484 e. The summed E-state index contributed by atoms with van der Waals surface area (Å²) in [5.74, 6) is -1.22. The van der Waals surface area contributed by atoms with Crippen LogP contribution in [-0.4, -0.2) is 30.1 Å². The van der Waals surface area contributed by atoms with Crippen molar-refractivity contribution in [2.24, 2.45) is 5.92 Å².